The molecule has 0 aliphatic heterocycles. The molecule has 0 radical (unpaired) electrons. The van der Waals surface area contributed by atoms with E-state index in [4.69, 9.17) is 0 Å². The Bertz CT molecular complexity index is 326. The van der Waals surface area contributed by atoms with Crippen LogP contribution in [0.15, 0.2) is 0 Å². The van der Waals surface area contributed by atoms with Gasteiger partial charge in [0, 0.05) is 22.3 Å². The van der Waals surface area contributed by atoms with E-state index >= 15 is 0 Å². The van der Waals surface area contributed by atoms with Crippen LogP contribution in [0, 0.1) is 5.41 Å². The van der Waals surface area contributed by atoms with Gasteiger partial charge in [-0.1, -0.05) is 0 Å². The third kappa shape index (κ3) is 5.81. The van der Waals surface area contributed by atoms with Crippen LogP contribution in [0.3, 0.4) is 0 Å². The lowest BCUT2D eigenvalue weighted by Gasteiger charge is -2.13. The van der Waals surface area contributed by atoms with Crippen LogP contribution in [0.25, 0.3) is 0 Å². The second-order valence-corrected chi connectivity index (χ2v) is 5.91. The van der Waals surface area contributed by atoms with E-state index in [0.717, 1.165) is 12.8 Å². The second kappa shape index (κ2) is 6.01. The molecule has 0 saturated heterocycles. The molecule has 1 aliphatic carbocycles. The second-order valence-electron chi connectivity index (χ2n) is 4.34. The van der Waals surface area contributed by atoms with Crippen molar-refractivity contribution in [3.63, 3.8) is 0 Å². The Balaban J connectivity index is 2.26. The van der Waals surface area contributed by atoms with Crippen LogP contribution in [0.2, 0.25) is 0 Å². The molecule has 1 rings (SSSR count). The van der Waals surface area contributed by atoms with E-state index in [1.165, 1.54) is 7.11 Å². The predicted molar refractivity (Wildman–Crippen MR) is 58.2 cm³/mol. The Kier molecular flexibility index (Phi) is 5.15. The molecule has 4 nitrogen and oxygen atoms in total. The maximum absolute atomic E-state index is 11.7. The molecule has 0 N–H and O–H groups in total. The molecule has 0 heterocycles. The molecule has 0 spiro atoms. The number of ether oxygens (including phenoxy) is 2. The van der Waals surface area contributed by atoms with Crippen molar-refractivity contribution in [2.75, 3.05) is 25.2 Å². The molecule has 0 amide bonds. The molecular weight excluding hydrogens is 273 g/mol. The molecule has 1 atom stereocenters. The predicted octanol–water partition coefficient (Wildman–Crippen LogP) is 1.61. The van der Waals surface area contributed by atoms with Gasteiger partial charge in [-0.05, 0) is 18.3 Å². The minimum Gasteiger partial charge on any atom is -0.469 e. The molecule has 106 valence electrons. The molecular formula is C10H15F3O4S. The Morgan fingerprint density at radius 2 is 2.00 bits per heavy atom. The molecule has 1 unspecified atom stereocenters. The number of esters is 1. The van der Waals surface area contributed by atoms with E-state index in [2.05, 4.69) is 9.47 Å². The number of carbonyl (C=O) groups is 1. The van der Waals surface area contributed by atoms with Crippen LogP contribution in [0.4, 0.5) is 13.2 Å². The summed E-state index contributed by atoms with van der Waals surface area (Å²) in [5.41, 5.74) is -0.337. The zero-order chi connectivity index (χ0) is 13.8. The summed E-state index contributed by atoms with van der Waals surface area (Å²) in [6.45, 7) is -0.621. The lowest BCUT2D eigenvalue weighted by atomic mass is 10.1. The summed E-state index contributed by atoms with van der Waals surface area (Å²) >= 11 is 0. The number of halogens is 3. The van der Waals surface area contributed by atoms with Crippen LogP contribution in [-0.2, 0) is 25.1 Å². The average Bonchev–Trinajstić information content (AvgIpc) is 2.95. The average molecular weight is 288 g/mol. The number of methoxy groups -OCH3 is 1. The molecule has 1 saturated carbocycles. The van der Waals surface area contributed by atoms with Crippen molar-refractivity contribution in [2.45, 2.75) is 25.6 Å². The molecule has 1 aliphatic rings. The summed E-state index contributed by atoms with van der Waals surface area (Å²) < 4.78 is 54.7. The molecule has 0 aromatic heterocycles. The Labute approximate surface area is 105 Å². The third-order valence-corrected chi connectivity index (χ3v) is 4.30. The van der Waals surface area contributed by atoms with E-state index in [1.54, 1.807) is 0 Å². The number of hydrogen-bond donors (Lipinski definition) is 0. The summed E-state index contributed by atoms with van der Waals surface area (Å²) in [6, 6.07) is 0. The van der Waals surface area contributed by atoms with E-state index in [1.807, 2.05) is 0 Å². The van der Waals surface area contributed by atoms with Crippen molar-refractivity contribution in [1.82, 2.24) is 0 Å². The standard InChI is InChI=1S/C10H15F3O4S/c1-16-8(14)6-9(2-3-9)7-18(15)5-4-17-10(11,12)13/h2-7H2,1H3. The highest BCUT2D eigenvalue weighted by Gasteiger charge is 2.45. The van der Waals surface area contributed by atoms with Crippen LogP contribution in [-0.4, -0.2) is 41.8 Å². The number of alkyl halides is 3. The van der Waals surface area contributed by atoms with Crippen LogP contribution < -0.4 is 0 Å². The highest BCUT2D eigenvalue weighted by molar-refractivity contribution is 7.85. The first-order valence-corrected chi connectivity index (χ1v) is 6.88. The maximum atomic E-state index is 11.7. The fraction of sp³-hybridized carbons (Fsp3) is 0.900. The first-order chi connectivity index (χ1) is 8.26. The molecule has 0 aromatic rings. The minimum absolute atomic E-state index is 0.176. The van der Waals surface area contributed by atoms with Gasteiger partial charge in [0.2, 0.25) is 0 Å². The van der Waals surface area contributed by atoms with Gasteiger partial charge in [-0.2, -0.15) is 0 Å². The first-order valence-electron chi connectivity index (χ1n) is 5.39. The summed E-state index contributed by atoms with van der Waals surface area (Å²) in [6.07, 6.45) is -3.00. The highest BCUT2D eigenvalue weighted by atomic mass is 32.2. The summed E-state index contributed by atoms with van der Waals surface area (Å²) in [4.78, 5) is 11.1. The smallest absolute Gasteiger partial charge is 0.469 e. The van der Waals surface area contributed by atoms with Crippen molar-refractivity contribution in [3.05, 3.63) is 0 Å². The molecule has 1 fully saturated rings. The van der Waals surface area contributed by atoms with Crippen LogP contribution >= 0.6 is 0 Å². The lowest BCUT2D eigenvalue weighted by molar-refractivity contribution is -0.322. The number of carbonyl (C=O) groups excluding carboxylic acids is 1. The zero-order valence-electron chi connectivity index (χ0n) is 9.92. The van der Waals surface area contributed by atoms with E-state index < -0.39 is 23.8 Å². The van der Waals surface area contributed by atoms with Gasteiger partial charge in [0.15, 0.2) is 0 Å². The van der Waals surface area contributed by atoms with Crippen LogP contribution in [0.1, 0.15) is 19.3 Å². The van der Waals surface area contributed by atoms with Gasteiger partial charge in [-0.25, -0.2) is 0 Å². The van der Waals surface area contributed by atoms with Gasteiger partial charge in [0.1, 0.15) is 0 Å². The normalized spacial score (nSPS) is 19.3. The van der Waals surface area contributed by atoms with Crippen molar-refractivity contribution in [2.24, 2.45) is 5.41 Å². The van der Waals surface area contributed by atoms with Crippen LogP contribution in [0.5, 0.6) is 0 Å². The third-order valence-electron chi connectivity index (χ3n) is 2.75. The molecule has 18 heavy (non-hydrogen) atoms. The molecule has 0 bridgehead atoms. The van der Waals surface area contributed by atoms with Gasteiger partial charge >= 0.3 is 12.3 Å². The van der Waals surface area contributed by atoms with Gasteiger partial charge in [-0.3, -0.25) is 13.7 Å². The monoisotopic (exact) mass is 288 g/mol. The van der Waals surface area contributed by atoms with Crippen molar-refractivity contribution < 1.29 is 31.6 Å². The lowest BCUT2D eigenvalue weighted by Crippen LogP contribution is -2.23. The topological polar surface area (TPSA) is 52.6 Å². The van der Waals surface area contributed by atoms with Gasteiger partial charge < -0.3 is 4.74 Å². The van der Waals surface area contributed by atoms with Gasteiger partial charge in [0.05, 0.1) is 20.1 Å². The fourth-order valence-corrected chi connectivity index (χ4v) is 3.08. The van der Waals surface area contributed by atoms with Gasteiger partial charge in [0.25, 0.3) is 0 Å². The Morgan fingerprint density at radius 3 is 2.44 bits per heavy atom. The van der Waals surface area contributed by atoms with Crippen molar-refractivity contribution >= 4 is 16.8 Å². The first kappa shape index (κ1) is 15.4. The van der Waals surface area contributed by atoms with Gasteiger partial charge in [-0.15, -0.1) is 13.2 Å². The summed E-state index contributed by atoms with van der Waals surface area (Å²) in [7, 11) is -0.142. The van der Waals surface area contributed by atoms with Crippen molar-refractivity contribution in [3.8, 4) is 0 Å². The zero-order valence-corrected chi connectivity index (χ0v) is 10.7. The van der Waals surface area contributed by atoms with E-state index in [9.17, 15) is 22.2 Å². The largest absolute Gasteiger partial charge is 0.522 e. The number of rotatable bonds is 7. The molecule has 0 aromatic carbocycles. The van der Waals surface area contributed by atoms with E-state index in [0.29, 0.717) is 0 Å². The number of hydrogen-bond acceptors (Lipinski definition) is 4. The van der Waals surface area contributed by atoms with E-state index in [-0.39, 0.29) is 29.3 Å². The fourth-order valence-electron chi connectivity index (χ4n) is 1.59. The maximum Gasteiger partial charge on any atom is 0.522 e. The molecule has 8 heteroatoms. The minimum atomic E-state index is -4.69. The highest BCUT2D eigenvalue weighted by Crippen LogP contribution is 2.49. The Hall–Kier alpha value is -0.630. The Morgan fingerprint density at radius 1 is 1.39 bits per heavy atom. The SMILES string of the molecule is COC(=O)CC1(CS(=O)CCOC(F)(F)F)CC1. The summed E-state index contributed by atoms with van der Waals surface area (Å²) in [5.74, 6) is -0.331. The van der Waals surface area contributed by atoms with Crippen molar-refractivity contribution in [1.29, 1.82) is 0 Å². The quantitative estimate of drug-likeness (QED) is 0.668. The summed E-state index contributed by atoms with van der Waals surface area (Å²) in [5, 5.41) is 0.